The molecule has 3 nitrogen and oxygen atoms in total. The molecule has 2 aromatic carbocycles. The zero-order valence-electron chi connectivity index (χ0n) is 15.8. The highest BCUT2D eigenvalue weighted by Gasteiger charge is 2.26. The number of rotatable bonds is 4. The topological polar surface area (TPSA) is 30.5 Å². The molecule has 144 valence electrons. The summed E-state index contributed by atoms with van der Waals surface area (Å²) >= 11 is 1.80. The molecule has 0 aromatic heterocycles. The third kappa shape index (κ3) is 4.13. The Kier molecular flexibility index (Phi) is 6.74. The summed E-state index contributed by atoms with van der Waals surface area (Å²) in [7, 11) is 1.76. The quantitative estimate of drug-likeness (QED) is 0.630. The van der Waals surface area contributed by atoms with Crippen LogP contribution in [0.15, 0.2) is 52.3 Å². The van der Waals surface area contributed by atoms with Crippen molar-refractivity contribution in [1.29, 1.82) is 0 Å². The summed E-state index contributed by atoms with van der Waals surface area (Å²) in [5, 5.41) is 3.46. The first-order valence-electron chi connectivity index (χ1n) is 9.35. The standard InChI is InChI=1S/C22H25NO2S.ClH/c1-3-25-16-7-8-17-18(13-15-9-11-23-12-10-15)22-19(24-2)5-4-6-20(22)26-21(17)14-16;/h4-8,13-15,23H,3,9-12H2,1-2H3;1H. The van der Waals surface area contributed by atoms with Crippen LogP contribution in [0.25, 0.3) is 5.57 Å². The summed E-state index contributed by atoms with van der Waals surface area (Å²) in [6, 6.07) is 12.8. The number of halogens is 1. The van der Waals surface area contributed by atoms with Crippen molar-refractivity contribution in [2.45, 2.75) is 29.6 Å². The number of allylic oxidation sites excluding steroid dienone is 1. The molecule has 2 aliphatic heterocycles. The smallest absolute Gasteiger partial charge is 0.127 e. The molecule has 27 heavy (non-hydrogen) atoms. The fraction of sp³-hybridized carbons (Fsp3) is 0.364. The molecule has 0 unspecified atom stereocenters. The van der Waals surface area contributed by atoms with E-state index in [1.165, 1.54) is 39.3 Å². The second-order valence-electron chi connectivity index (χ2n) is 6.69. The van der Waals surface area contributed by atoms with Crippen LogP contribution >= 0.6 is 24.2 Å². The van der Waals surface area contributed by atoms with E-state index in [4.69, 9.17) is 9.47 Å². The zero-order chi connectivity index (χ0) is 17.9. The predicted octanol–water partition coefficient (Wildman–Crippen LogP) is 5.41. The van der Waals surface area contributed by atoms with E-state index in [0.717, 1.165) is 24.6 Å². The van der Waals surface area contributed by atoms with Gasteiger partial charge in [0.25, 0.3) is 0 Å². The minimum atomic E-state index is 0. The van der Waals surface area contributed by atoms with Crippen LogP contribution in [-0.4, -0.2) is 26.8 Å². The third-order valence-electron chi connectivity index (χ3n) is 5.04. The molecule has 0 spiro atoms. The molecule has 1 fully saturated rings. The molecule has 0 saturated carbocycles. The van der Waals surface area contributed by atoms with Gasteiger partial charge in [-0.1, -0.05) is 23.9 Å². The van der Waals surface area contributed by atoms with Gasteiger partial charge in [0, 0.05) is 15.4 Å². The second-order valence-corrected chi connectivity index (χ2v) is 7.78. The van der Waals surface area contributed by atoms with E-state index in [0.29, 0.717) is 12.5 Å². The molecular weight excluding hydrogens is 378 g/mol. The summed E-state index contributed by atoms with van der Waals surface area (Å²) < 4.78 is 11.4. The summed E-state index contributed by atoms with van der Waals surface area (Å²) in [6.07, 6.45) is 4.85. The highest BCUT2D eigenvalue weighted by atomic mass is 35.5. The Morgan fingerprint density at radius 1 is 1.15 bits per heavy atom. The molecule has 0 bridgehead atoms. The monoisotopic (exact) mass is 403 g/mol. The fourth-order valence-corrected chi connectivity index (χ4v) is 4.93. The van der Waals surface area contributed by atoms with Crippen LogP contribution in [0, 0.1) is 5.92 Å². The lowest BCUT2D eigenvalue weighted by Gasteiger charge is -2.27. The predicted molar refractivity (Wildman–Crippen MR) is 115 cm³/mol. The van der Waals surface area contributed by atoms with Crippen molar-refractivity contribution in [2.24, 2.45) is 5.92 Å². The van der Waals surface area contributed by atoms with Crippen LogP contribution in [0.3, 0.4) is 0 Å². The number of nitrogens with one attached hydrogen (secondary N) is 1. The van der Waals surface area contributed by atoms with Crippen LogP contribution < -0.4 is 14.8 Å². The van der Waals surface area contributed by atoms with Crippen molar-refractivity contribution in [1.82, 2.24) is 5.32 Å². The normalized spacial score (nSPS) is 17.6. The van der Waals surface area contributed by atoms with Gasteiger partial charge in [0.1, 0.15) is 11.5 Å². The van der Waals surface area contributed by atoms with Gasteiger partial charge in [0.2, 0.25) is 0 Å². The molecule has 1 saturated heterocycles. The van der Waals surface area contributed by atoms with Gasteiger partial charge < -0.3 is 14.8 Å². The van der Waals surface area contributed by atoms with E-state index in [1.54, 1.807) is 18.9 Å². The van der Waals surface area contributed by atoms with Gasteiger partial charge in [-0.15, -0.1) is 12.4 Å². The van der Waals surface area contributed by atoms with Crippen molar-refractivity contribution in [3.05, 3.63) is 53.6 Å². The van der Waals surface area contributed by atoms with Crippen LogP contribution in [0.2, 0.25) is 0 Å². The van der Waals surface area contributed by atoms with Crippen LogP contribution in [-0.2, 0) is 0 Å². The fourth-order valence-electron chi connectivity index (χ4n) is 3.77. The molecule has 0 aliphatic carbocycles. The maximum Gasteiger partial charge on any atom is 0.127 e. The highest BCUT2D eigenvalue weighted by molar-refractivity contribution is 7.99. The van der Waals surface area contributed by atoms with Crippen LogP contribution in [0.5, 0.6) is 11.5 Å². The largest absolute Gasteiger partial charge is 0.496 e. The van der Waals surface area contributed by atoms with Gasteiger partial charge >= 0.3 is 0 Å². The van der Waals surface area contributed by atoms with E-state index in [-0.39, 0.29) is 12.4 Å². The average molecular weight is 404 g/mol. The van der Waals surface area contributed by atoms with Gasteiger partial charge in [-0.3, -0.25) is 0 Å². The van der Waals surface area contributed by atoms with Gasteiger partial charge in [0.05, 0.1) is 13.7 Å². The molecule has 0 radical (unpaired) electrons. The highest BCUT2D eigenvalue weighted by Crippen LogP contribution is 2.50. The Balaban J connectivity index is 0.00000210. The average Bonchev–Trinajstić information content (AvgIpc) is 2.68. The molecule has 2 aromatic rings. The van der Waals surface area contributed by atoms with Crippen molar-refractivity contribution in [2.75, 3.05) is 26.8 Å². The molecule has 2 aliphatic rings. The minimum absolute atomic E-state index is 0. The number of fused-ring (bicyclic) bond motifs is 2. The number of hydrogen-bond donors (Lipinski definition) is 1. The lowest BCUT2D eigenvalue weighted by molar-refractivity contribution is 0.339. The maximum absolute atomic E-state index is 5.72. The molecule has 2 heterocycles. The third-order valence-corrected chi connectivity index (χ3v) is 6.16. The van der Waals surface area contributed by atoms with Gasteiger partial charge in [0.15, 0.2) is 0 Å². The number of ether oxygens (including phenoxy) is 2. The van der Waals surface area contributed by atoms with Gasteiger partial charge in [-0.05, 0) is 80.2 Å². The first-order valence-corrected chi connectivity index (χ1v) is 10.2. The number of piperidine rings is 1. The van der Waals surface area contributed by atoms with Crippen molar-refractivity contribution in [3.8, 4) is 11.5 Å². The van der Waals surface area contributed by atoms with Gasteiger partial charge in [-0.2, -0.15) is 0 Å². The molecule has 5 heteroatoms. The maximum atomic E-state index is 5.72. The molecule has 1 N–H and O–H groups in total. The lowest BCUT2D eigenvalue weighted by Crippen LogP contribution is -2.27. The van der Waals surface area contributed by atoms with Crippen LogP contribution in [0.4, 0.5) is 0 Å². The number of hydrogen-bond acceptors (Lipinski definition) is 4. The van der Waals surface area contributed by atoms with Crippen molar-refractivity contribution >= 4 is 29.7 Å². The summed E-state index contributed by atoms with van der Waals surface area (Å²) in [5.74, 6) is 2.49. The Hall–Kier alpha value is -1.62. The lowest BCUT2D eigenvalue weighted by atomic mass is 9.89. The Labute approximate surface area is 171 Å². The molecule has 0 amide bonds. The van der Waals surface area contributed by atoms with Crippen LogP contribution in [0.1, 0.15) is 30.9 Å². The van der Waals surface area contributed by atoms with Crippen molar-refractivity contribution in [3.63, 3.8) is 0 Å². The first-order chi connectivity index (χ1) is 12.8. The minimum Gasteiger partial charge on any atom is -0.496 e. The Bertz CT molecular complexity index is 831. The van der Waals surface area contributed by atoms with E-state index < -0.39 is 0 Å². The zero-order valence-corrected chi connectivity index (χ0v) is 17.4. The number of methoxy groups -OCH3 is 1. The Morgan fingerprint density at radius 3 is 2.70 bits per heavy atom. The number of benzene rings is 2. The summed E-state index contributed by atoms with van der Waals surface area (Å²) in [4.78, 5) is 2.52. The summed E-state index contributed by atoms with van der Waals surface area (Å²) in [6.45, 7) is 4.90. The Morgan fingerprint density at radius 2 is 1.96 bits per heavy atom. The molecule has 0 atom stereocenters. The van der Waals surface area contributed by atoms with Gasteiger partial charge in [-0.25, -0.2) is 0 Å². The first kappa shape index (κ1) is 20.1. The van der Waals surface area contributed by atoms with E-state index >= 15 is 0 Å². The van der Waals surface area contributed by atoms with E-state index in [1.807, 2.05) is 6.92 Å². The molecular formula is C22H26ClNO2S. The molecule has 4 rings (SSSR count). The van der Waals surface area contributed by atoms with E-state index in [9.17, 15) is 0 Å². The van der Waals surface area contributed by atoms with Crippen molar-refractivity contribution < 1.29 is 9.47 Å². The summed E-state index contributed by atoms with van der Waals surface area (Å²) in [5.41, 5.74) is 3.82. The second kappa shape index (κ2) is 9.05. The SMILES string of the molecule is CCOc1ccc2c(c1)Sc1cccc(OC)c1C2=CC1CCNCC1.Cl. The van der Waals surface area contributed by atoms with E-state index in [2.05, 4.69) is 47.8 Å².